The van der Waals surface area contributed by atoms with Crippen LogP contribution in [0.5, 0.6) is 0 Å². The molecule has 0 aliphatic carbocycles. The van der Waals surface area contributed by atoms with Crippen molar-refractivity contribution in [3.8, 4) is 0 Å². The molecule has 1 aromatic carbocycles. The summed E-state index contributed by atoms with van der Waals surface area (Å²) in [7, 11) is 2.24. The third-order valence-electron chi connectivity index (χ3n) is 4.59. The van der Waals surface area contributed by atoms with E-state index in [0.29, 0.717) is 6.04 Å². The van der Waals surface area contributed by atoms with Crippen LogP contribution in [0, 0.1) is 5.92 Å². The first-order valence-corrected chi connectivity index (χ1v) is 8.20. The second-order valence-electron chi connectivity index (χ2n) is 6.41. The van der Waals surface area contributed by atoms with Gasteiger partial charge in [-0.2, -0.15) is 0 Å². The Kier molecular flexibility index (Phi) is 6.55. The molecule has 2 nitrogen and oxygen atoms in total. The summed E-state index contributed by atoms with van der Waals surface area (Å²) in [6.45, 7) is 6.07. The Morgan fingerprint density at radius 2 is 1.90 bits per heavy atom. The molecule has 0 amide bonds. The van der Waals surface area contributed by atoms with Gasteiger partial charge in [-0.1, -0.05) is 30.3 Å². The Balaban J connectivity index is 1.55. The van der Waals surface area contributed by atoms with Crippen LogP contribution in [0.4, 0.5) is 0 Å². The molecular formula is C18H30N2. The molecule has 1 aliphatic heterocycles. The number of aryl methyl sites for hydroxylation is 1. The van der Waals surface area contributed by atoms with Crippen LogP contribution in [-0.2, 0) is 6.42 Å². The van der Waals surface area contributed by atoms with Crippen LogP contribution < -0.4 is 5.32 Å². The number of rotatable bonds is 7. The lowest BCUT2D eigenvalue weighted by atomic mass is 9.94. The highest BCUT2D eigenvalue weighted by molar-refractivity contribution is 5.14. The molecule has 1 unspecified atom stereocenters. The molecule has 1 aromatic rings. The van der Waals surface area contributed by atoms with Crippen molar-refractivity contribution in [3.05, 3.63) is 35.9 Å². The fourth-order valence-corrected chi connectivity index (χ4v) is 3.01. The Hall–Kier alpha value is -0.860. The summed E-state index contributed by atoms with van der Waals surface area (Å²) in [5.74, 6) is 0.944. The molecule has 0 radical (unpaired) electrons. The molecule has 2 rings (SSSR count). The zero-order valence-corrected chi connectivity index (χ0v) is 13.1. The SMILES string of the molecule is CC(CCc1ccccc1)NCCC1CCN(C)CC1. The molecule has 1 fully saturated rings. The first kappa shape index (κ1) is 15.5. The predicted molar refractivity (Wildman–Crippen MR) is 87.1 cm³/mol. The number of nitrogens with one attached hydrogen (secondary N) is 1. The van der Waals surface area contributed by atoms with E-state index in [9.17, 15) is 0 Å². The van der Waals surface area contributed by atoms with Gasteiger partial charge >= 0.3 is 0 Å². The molecule has 1 atom stereocenters. The van der Waals surface area contributed by atoms with Crippen LogP contribution >= 0.6 is 0 Å². The molecule has 1 heterocycles. The van der Waals surface area contributed by atoms with Crippen molar-refractivity contribution in [2.45, 2.75) is 45.1 Å². The van der Waals surface area contributed by atoms with Crippen LogP contribution in [0.15, 0.2) is 30.3 Å². The van der Waals surface area contributed by atoms with Gasteiger partial charge in [0.05, 0.1) is 0 Å². The summed E-state index contributed by atoms with van der Waals surface area (Å²) < 4.78 is 0. The number of likely N-dealkylation sites (tertiary alicyclic amines) is 1. The monoisotopic (exact) mass is 274 g/mol. The van der Waals surface area contributed by atoms with E-state index in [-0.39, 0.29) is 0 Å². The van der Waals surface area contributed by atoms with E-state index in [1.54, 1.807) is 0 Å². The summed E-state index contributed by atoms with van der Waals surface area (Å²) in [5, 5.41) is 3.70. The summed E-state index contributed by atoms with van der Waals surface area (Å²) in [5.41, 5.74) is 1.46. The van der Waals surface area contributed by atoms with E-state index in [2.05, 4.69) is 54.5 Å². The first-order chi connectivity index (χ1) is 9.74. The fraction of sp³-hybridized carbons (Fsp3) is 0.667. The number of benzene rings is 1. The number of hydrogen-bond acceptors (Lipinski definition) is 2. The van der Waals surface area contributed by atoms with Gasteiger partial charge in [-0.15, -0.1) is 0 Å². The van der Waals surface area contributed by atoms with Crippen LogP contribution in [0.25, 0.3) is 0 Å². The van der Waals surface area contributed by atoms with E-state index in [4.69, 9.17) is 0 Å². The summed E-state index contributed by atoms with van der Waals surface area (Å²) in [6.07, 6.45) is 6.54. The van der Waals surface area contributed by atoms with Crippen LogP contribution in [0.2, 0.25) is 0 Å². The molecule has 1 aliphatic rings. The first-order valence-electron chi connectivity index (χ1n) is 8.20. The summed E-state index contributed by atoms with van der Waals surface area (Å²) >= 11 is 0. The molecule has 0 spiro atoms. The minimum atomic E-state index is 0.626. The fourth-order valence-electron chi connectivity index (χ4n) is 3.01. The Morgan fingerprint density at radius 3 is 2.60 bits per heavy atom. The third-order valence-corrected chi connectivity index (χ3v) is 4.59. The van der Waals surface area contributed by atoms with Crippen molar-refractivity contribution < 1.29 is 0 Å². The van der Waals surface area contributed by atoms with Crippen LogP contribution in [0.1, 0.15) is 38.2 Å². The molecule has 20 heavy (non-hydrogen) atoms. The van der Waals surface area contributed by atoms with Gasteiger partial charge in [-0.05, 0) is 77.2 Å². The average Bonchev–Trinajstić information content (AvgIpc) is 2.48. The van der Waals surface area contributed by atoms with Gasteiger partial charge in [0.15, 0.2) is 0 Å². The van der Waals surface area contributed by atoms with Crippen molar-refractivity contribution in [3.63, 3.8) is 0 Å². The standard InChI is InChI=1S/C18H30N2/c1-16(8-9-17-6-4-3-5-7-17)19-13-10-18-11-14-20(2)15-12-18/h3-7,16,18-19H,8-15H2,1-2H3. The maximum Gasteiger partial charge on any atom is 0.00418 e. The van der Waals surface area contributed by atoms with Crippen molar-refractivity contribution in [2.75, 3.05) is 26.7 Å². The van der Waals surface area contributed by atoms with Crippen molar-refractivity contribution in [1.29, 1.82) is 0 Å². The van der Waals surface area contributed by atoms with Crippen molar-refractivity contribution >= 4 is 0 Å². The summed E-state index contributed by atoms with van der Waals surface area (Å²) in [4.78, 5) is 2.45. The minimum absolute atomic E-state index is 0.626. The Bertz CT molecular complexity index is 355. The van der Waals surface area contributed by atoms with Gasteiger partial charge in [0.1, 0.15) is 0 Å². The Labute approximate surface area is 124 Å². The zero-order valence-electron chi connectivity index (χ0n) is 13.1. The smallest absolute Gasteiger partial charge is 0.00418 e. The highest BCUT2D eigenvalue weighted by atomic mass is 15.1. The normalized spacial score (nSPS) is 19.1. The second-order valence-corrected chi connectivity index (χ2v) is 6.41. The lowest BCUT2D eigenvalue weighted by molar-refractivity contribution is 0.210. The molecule has 0 aromatic heterocycles. The van der Waals surface area contributed by atoms with E-state index >= 15 is 0 Å². The molecule has 1 saturated heterocycles. The third kappa shape index (κ3) is 5.64. The van der Waals surface area contributed by atoms with Gasteiger partial charge in [-0.3, -0.25) is 0 Å². The highest BCUT2D eigenvalue weighted by Gasteiger charge is 2.16. The van der Waals surface area contributed by atoms with Crippen LogP contribution in [-0.4, -0.2) is 37.6 Å². The zero-order chi connectivity index (χ0) is 14.2. The van der Waals surface area contributed by atoms with Gasteiger partial charge < -0.3 is 10.2 Å². The molecule has 2 heteroatoms. The minimum Gasteiger partial charge on any atom is -0.314 e. The van der Waals surface area contributed by atoms with E-state index in [1.165, 1.54) is 57.3 Å². The Morgan fingerprint density at radius 1 is 1.20 bits per heavy atom. The van der Waals surface area contributed by atoms with E-state index in [1.807, 2.05) is 0 Å². The predicted octanol–water partition coefficient (Wildman–Crippen LogP) is 3.33. The van der Waals surface area contributed by atoms with Gasteiger partial charge in [0.2, 0.25) is 0 Å². The number of piperidine rings is 1. The van der Waals surface area contributed by atoms with Gasteiger partial charge in [-0.25, -0.2) is 0 Å². The van der Waals surface area contributed by atoms with Crippen LogP contribution in [0.3, 0.4) is 0 Å². The van der Waals surface area contributed by atoms with Gasteiger partial charge in [0.25, 0.3) is 0 Å². The molecule has 0 bridgehead atoms. The molecule has 1 N–H and O–H groups in total. The maximum atomic E-state index is 3.70. The van der Waals surface area contributed by atoms with E-state index < -0.39 is 0 Å². The second kappa shape index (κ2) is 8.43. The lowest BCUT2D eigenvalue weighted by Crippen LogP contribution is -2.33. The lowest BCUT2D eigenvalue weighted by Gasteiger charge is -2.29. The number of hydrogen-bond donors (Lipinski definition) is 1. The van der Waals surface area contributed by atoms with Crippen molar-refractivity contribution in [1.82, 2.24) is 10.2 Å². The molecule has 112 valence electrons. The topological polar surface area (TPSA) is 15.3 Å². The molecular weight excluding hydrogens is 244 g/mol. The quantitative estimate of drug-likeness (QED) is 0.820. The van der Waals surface area contributed by atoms with E-state index in [0.717, 1.165) is 5.92 Å². The summed E-state index contributed by atoms with van der Waals surface area (Å²) in [6, 6.07) is 11.4. The van der Waals surface area contributed by atoms with Crippen molar-refractivity contribution in [2.24, 2.45) is 5.92 Å². The largest absolute Gasteiger partial charge is 0.314 e. The maximum absolute atomic E-state index is 3.70. The average molecular weight is 274 g/mol. The highest BCUT2D eigenvalue weighted by Crippen LogP contribution is 2.18. The molecule has 0 saturated carbocycles. The number of nitrogens with zero attached hydrogens (tertiary/aromatic N) is 1. The van der Waals surface area contributed by atoms with Gasteiger partial charge in [0, 0.05) is 6.04 Å².